The Labute approximate surface area is 93.3 Å². The van der Waals surface area contributed by atoms with Crippen LogP contribution in [0.5, 0.6) is 5.88 Å². The molecule has 0 aliphatic heterocycles. The second kappa shape index (κ2) is 4.22. The molecule has 2 aromatic rings. The molecule has 0 aromatic carbocycles. The predicted molar refractivity (Wildman–Crippen MR) is 59.9 cm³/mol. The van der Waals surface area contributed by atoms with Crippen LogP contribution in [-0.2, 0) is 0 Å². The van der Waals surface area contributed by atoms with E-state index in [2.05, 4.69) is 9.97 Å². The normalized spacial score (nSPS) is 10.7. The summed E-state index contributed by atoms with van der Waals surface area (Å²) in [5.74, 6) is 1.26. The average Bonchev–Trinajstić information content (AvgIpc) is 2.67. The molecule has 2 rings (SSSR count). The molecule has 0 atom stereocenters. The maximum Gasteiger partial charge on any atom is 0.223 e. The number of hydrogen-bond acceptors (Lipinski definition) is 5. The van der Waals surface area contributed by atoms with Crippen molar-refractivity contribution in [1.29, 1.82) is 0 Å². The Bertz CT molecular complexity index is 466. The smallest absolute Gasteiger partial charge is 0.223 e. The van der Waals surface area contributed by atoms with E-state index in [1.807, 2.05) is 13.8 Å². The van der Waals surface area contributed by atoms with Gasteiger partial charge in [-0.15, -0.1) is 0 Å². The number of anilines is 1. The molecule has 84 valence electrons. The largest absolute Gasteiger partial charge is 0.475 e. The van der Waals surface area contributed by atoms with Gasteiger partial charge in [-0.2, -0.15) is 4.98 Å². The van der Waals surface area contributed by atoms with Crippen LogP contribution in [0.2, 0.25) is 0 Å². The van der Waals surface area contributed by atoms with E-state index in [0.29, 0.717) is 17.3 Å². The summed E-state index contributed by atoms with van der Waals surface area (Å²) < 4.78 is 10.7. The highest BCUT2D eigenvalue weighted by molar-refractivity contribution is 5.54. The zero-order valence-corrected chi connectivity index (χ0v) is 9.18. The molecule has 2 heterocycles. The molecular weight excluding hydrogens is 206 g/mol. The van der Waals surface area contributed by atoms with Gasteiger partial charge in [-0.25, -0.2) is 4.98 Å². The molecule has 5 heteroatoms. The molecule has 0 aliphatic rings. The minimum Gasteiger partial charge on any atom is -0.475 e. The Hall–Kier alpha value is -2.04. The Morgan fingerprint density at radius 3 is 2.81 bits per heavy atom. The molecule has 2 aromatic heterocycles. The van der Waals surface area contributed by atoms with E-state index in [9.17, 15) is 0 Å². The summed E-state index contributed by atoms with van der Waals surface area (Å²) in [6.45, 7) is 3.84. The summed E-state index contributed by atoms with van der Waals surface area (Å²) in [7, 11) is 0. The highest BCUT2D eigenvalue weighted by Gasteiger charge is 2.08. The molecule has 16 heavy (non-hydrogen) atoms. The fourth-order valence-corrected chi connectivity index (χ4v) is 1.30. The lowest BCUT2D eigenvalue weighted by Gasteiger charge is -2.09. The number of nitrogen functional groups attached to an aromatic ring is 1. The minimum atomic E-state index is 0.0405. The monoisotopic (exact) mass is 219 g/mol. The first-order valence-corrected chi connectivity index (χ1v) is 5.00. The van der Waals surface area contributed by atoms with Crippen LogP contribution in [0.4, 0.5) is 5.95 Å². The van der Waals surface area contributed by atoms with Crippen LogP contribution in [0.3, 0.4) is 0 Å². The van der Waals surface area contributed by atoms with Crippen molar-refractivity contribution in [3.63, 3.8) is 0 Å². The van der Waals surface area contributed by atoms with Gasteiger partial charge < -0.3 is 14.9 Å². The van der Waals surface area contributed by atoms with Crippen molar-refractivity contribution < 1.29 is 9.15 Å². The summed E-state index contributed by atoms with van der Waals surface area (Å²) in [4.78, 5) is 8.06. The van der Waals surface area contributed by atoms with Crippen molar-refractivity contribution in [1.82, 2.24) is 9.97 Å². The van der Waals surface area contributed by atoms with Crippen LogP contribution in [0.15, 0.2) is 28.9 Å². The molecule has 0 fully saturated rings. The summed E-state index contributed by atoms with van der Waals surface area (Å²) >= 11 is 0. The second-order valence-corrected chi connectivity index (χ2v) is 3.59. The Kier molecular flexibility index (Phi) is 2.76. The predicted octanol–water partition coefficient (Wildman–Crippen LogP) is 2.11. The van der Waals surface area contributed by atoms with Gasteiger partial charge in [0.25, 0.3) is 0 Å². The van der Waals surface area contributed by atoms with E-state index in [1.165, 1.54) is 0 Å². The van der Waals surface area contributed by atoms with Crippen LogP contribution in [0, 0.1) is 0 Å². The molecule has 2 N–H and O–H groups in total. The fourth-order valence-electron chi connectivity index (χ4n) is 1.30. The highest BCUT2D eigenvalue weighted by Crippen LogP contribution is 2.22. The van der Waals surface area contributed by atoms with Gasteiger partial charge in [0.1, 0.15) is 5.69 Å². The van der Waals surface area contributed by atoms with Gasteiger partial charge in [-0.1, -0.05) is 0 Å². The molecule has 0 aliphatic carbocycles. The maximum absolute atomic E-state index is 5.60. The quantitative estimate of drug-likeness (QED) is 0.855. The van der Waals surface area contributed by atoms with Crippen molar-refractivity contribution in [2.24, 2.45) is 0 Å². The Balaban J connectivity index is 2.36. The second-order valence-electron chi connectivity index (χ2n) is 3.59. The molecule has 5 nitrogen and oxygen atoms in total. The van der Waals surface area contributed by atoms with Crippen LogP contribution < -0.4 is 10.5 Å². The number of ether oxygens (including phenoxy) is 1. The van der Waals surface area contributed by atoms with Crippen molar-refractivity contribution >= 4 is 5.95 Å². The van der Waals surface area contributed by atoms with Crippen molar-refractivity contribution in [2.45, 2.75) is 20.0 Å². The van der Waals surface area contributed by atoms with E-state index < -0.39 is 0 Å². The van der Waals surface area contributed by atoms with Crippen LogP contribution in [0.1, 0.15) is 13.8 Å². The molecule has 0 unspecified atom stereocenters. The van der Waals surface area contributed by atoms with Gasteiger partial charge >= 0.3 is 0 Å². The van der Waals surface area contributed by atoms with E-state index in [4.69, 9.17) is 14.9 Å². The number of rotatable bonds is 3. The first kappa shape index (κ1) is 10.5. The zero-order chi connectivity index (χ0) is 11.5. The number of furan rings is 1. The summed E-state index contributed by atoms with van der Waals surface area (Å²) in [6.07, 6.45) is 1.62. The first-order valence-electron chi connectivity index (χ1n) is 5.00. The van der Waals surface area contributed by atoms with Gasteiger partial charge in [-0.3, -0.25) is 0 Å². The third-order valence-corrected chi connectivity index (χ3v) is 1.85. The third-order valence-electron chi connectivity index (χ3n) is 1.85. The molecule has 0 radical (unpaired) electrons. The van der Waals surface area contributed by atoms with Crippen molar-refractivity contribution in [3.8, 4) is 17.3 Å². The minimum absolute atomic E-state index is 0.0405. The lowest BCUT2D eigenvalue weighted by Crippen LogP contribution is -2.08. The number of hydrogen-bond donors (Lipinski definition) is 1. The standard InChI is InChI=1S/C11H13N3O2/c1-7(2)16-10-6-8(13-11(12)14-10)9-4-3-5-15-9/h3-7H,1-2H3,(H2,12,13,14). The van der Waals surface area contributed by atoms with Crippen molar-refractivity contribution in [2.75, 3.05) is 5.73 Å². The molecule has 0 saturated carbocycles. The zero-order valence-electron chi connectivity index (χ0n) is 9.18. The highest BCUT2D eigenvalue weighted by atomic mass is 16.5. The van der Waals surface area contributed by atoms with Gasteiger partial charge in [0, 0.05) is 6.07 Å². The van der Waals surface area contributed by atoms with Gasteiger partial charge in [-0.05, 0) is 26.0 Å². The third kappa shape index (κ3) is 2.31. The molecular formula is C11H13N3O2. The average molecular weight is 219 g/mol. The van der Waals surface area contributed by atoms with E-state index in [-0.39, 0.29) is 12.1 Å². The van der Waals surface area contributed by atoms with Crippen LogP contribution in [0.25, 0.3) is 11.5 Å². The van der Waals surface area contributed by atoms with E-state index >= 15 is 0 Å². The Morgan fingerprint density at radius 2 is 2.19 bits per heavy atom. The number of nitrogens with zero attached hydrogens (tertiary/aromatic N) is 2. The van der Waals surface area contributed by atoms with Crippen LogP contribution in [-0.4, -0.2) is 16.1 Å². The molecule has 0 spiro atoms. The summed E-state index contributed by atoms with van der Waals surface area (Å²) in [5, 5.41) is 0. The number of aromatic nitrogens is 2. The fraction of sp³-hybridized carbons (Fsp3) is 0.273. The van der Waals surface area contributed by atoms with E-state index in [0.717, 1.165) is 0 Å². The molecule has 0 saturated heterocycles. The molecule has 0 bridgehead atoms. The lowest BCUT2D eigenvalue weighted by molar-refractivity contribution is 0.232. The van der Waals surface area contributed by atoms with Crippen LogP contribution >= 0.6 is 0 Å². The van der Waals surface area contributed by atoms with Gasteiger partial charge in [0.05, 0.1) is 12.4 Å². The topological polar surface area (TPSA) is 74.2 Å². The SMILES string of the molecule is CC(C)Oc1cc(-c2ccco2)nc(N)n1. The van der Waals surface area contributed by atoms with Gasteiger partial charge in [0.2, 0.25) is 11.8 Å². The first-order chi connectivity index (χ1) is 7.65. The molecule has 0 amide bonds. The number of nitrogens with two attached hydrogens (primary N) is 1. The Morgan fingerprint density at radius 1 is 1.38 bits per heavy atom. The maximum atomic E-state index is 5.60. The van der Waals surface area contributed by atoms with Gasteiger partial charge in [0.15, 0.2) is 5.76 Å². The summed E-state index contributed by atoms with van der Waals surface area (Å²) in [5.41, 5.74) is 6.22. The summed E-state index contributed by atoms with van der Waals surface area (Å²) in [6, 6.07) is 5.30. The lowest BCUT2D eigenvalue weighted by atomic mass is 10.3. The van der Waals surface area contributed by atoms with E-state index in [1.54, 1.807) is 24.5 Å². The van der Waals surface area contributed by atoms with Crippen molar-refractivity contribution in [3.05, 3.63) is 24.5 Å².